The van der Waals surface area contributed by atoms with E-state index >= 15 is 0 Å². The van der Waals surface area contributed by atoms with E-state index < -0.39 is 23.4 Å². The molecule has 3 aromatic rings. The summed E-state index contributed by atoms with van der Waals surface area (Å²) in [5.41, 5.74) is 5.13. The fourth-order valence-corrected chi connectivity index (χ4v) is 4.62. The summed E-state index contributed by atoms with van der Waals surface area (Å²) in [5.74, 6) is 0.766. The number of anilines is 3. The van der Waals surface area contributed by atoms with Gasteiger partial charge in [-0.2, -0.15) is 0 Å². The third-order valence-corrected chi connectivity index (χ3v) is 6.12. The number of benzene rings is 3. The van der Waals surface area contributed by atoms with Gasteiger partial charge in [0.1, 0.15) is 17.0 Å². The summed E-state index contributed by atoms with van der Waals surface area (Å²) in [6.45, 7) is 11.0. The number of ether oxygens (including phenoxy) is 3. The molecule has 8 nitrogen and oxygen atoms in total. The molecule has 206 valence electrons. The van der Waals surface area contributed by atoms with Crippen LogP contribution in [0.5, 0.6) is 5.75 Å². The molecule has 2 N–H and O–H groups in total. The minimum atomic E-state index is -0.603. The molecule has 0 aliphatic carbocycles. The van der Waals surface area contributed by atoms with Crippen molar-refractivity contribution in [2.45, 2.75) is 58.8 Å². The molecule has 1 aliphatic rings. The predicted molar refractivity (Wildman–Crippen MR) is 155 cm³/mol. The Balaban J connectivity index is 1.76. The van der Waals surface area contributed by atoms with Gasteiger partial charge in [0.15, 0.2) is 0 Å². The number of carbonyl (C=O) groups excluding carboxylic acids is 2. The summed E-state index contributed by atoms with van der Waals surface area (Å²) >= 11 is 0. The predicted octanol–water partition coefficient (Wildman–Crippen LogP) is 7.60. The van der Waals surface area contributed by atoms with Gasteiger partial charge in [-0.3, -0.25) is 10.6 Å². The summed E-state index contributed by atoms with van der Waals surface area (Å²) in [7, 11) is 3.66. The molecule has 0 radical (unpaired) electrons. The minimum Gasteiger partial charge on any atom is -0.497 e. The Morgan fingerprint density at radius 1 is 0.744 bits per heavy atom. The number of hydrogen-bond acceptors (Lipinski definition) is 6. The highest BCUT2D eigenvalue weighted by Crippen LogP contribution is 2.48. The number of fused-ring (bicyclic) bond motifs is 3. The van der Waals surface area contributed by atoms with Crippen molar-refractivity contribution in [3.63, 3.8) is 0 Å². The lowest BCUT2D eigenvalue weighted by Crippen LogP contribution is -2.30. The van der Waals surface area contributed by atoms with E-state index in [2.05, 4.69) is 15.5 Å². The molecule has 1 unspecified atom stereocenters. The van der Waals surface area contributed by atoms with Crippen molar-refractivity contribution < 1.29 is 23.8 Å². The van der Waals surface area contributed by atoms with Gasteiger partial charge >= 0.3 is 12.2 Å². The van der Waals surface area contributed by atoms with E-state index in [1.54, 1.807) is 7.11 Å². The van der Waals surface area contributed by atoms with Gasteiger partial charge in [0, 0.05) is 29.7 Å². The number of nitrogens with zero attached hydrogens (tertiary/aromatic N) is 1. The molecule has 0 fully saturated rings. The standard InChI is InChI=1S/C31H37N3O5/c1-30(2,3)38-28(35)32-20-11-15-23-24-16-12-21(33-29(36)39-31(4,5)6)18-26(24)34(7)27(25(23)17-20)19-9-13-22(37-8)14-10-19/h9-18,27H,1-8H3,(H,32,35)(H,33,36)/i8-1. The zero-order valence-corrected chi connectivity index (χ0v) is 23.8. The number of methoxy groups -OCH3 is 1. The molecule has 0 bridgehead atoms. The molecule has 3 aromatic carbocycles. The summed E-state index contributed by atoms with van der Waals surface area (Å²) in [6, 6.07) is 19.4. The molecule has 0 spiro atoms. The van der Waals surface area contributed by atoms with Crippen molar-refractivity contribution in [1.82, 2.24) is 0 Å². The summed E-state index contributed by atoms with van der Waals surface area (Å²) < 4.78 is 16.3. The van der Waals surface area contributed by atoms with E-state index in [1.165, 1.54) is 0 Å². The Labute approximate surface area is 230 Å². The Kier molecular flexibility index (Phi) is 7.50. The zero-order valence-electron chi connectivity index (χ0n) is 23.8. The summed E-state index contributed by atoms with van der Waals surface area (Å²) in [4.78, 5) is 27.1. The Morgan fingerprint density at radius 2 is 1.26 bits per heavy atom. The Bertz CT molecular complexity index is 1370. The van der Waals surface area contributed by atoms with E-state index in [0.29, 0.717) is 11.4 Å². The number of nitrogens with one attached hydrogen (secondary N) is 2. The van der Waals surface area contributed by atoms with Crippen LogP contribution in [0.25, 0.3) is 11.1 Å². The molecule has 0 aromatic heterocycles. The van der Waals surface area contributed by atoms with E-state index in [-0.39, 0.29) is 6.04 Å². The smallest absolute Gasteiger partial charge is 0.412 e. The van der Waals surface area contributed by atoms with Crippen LogP contribution in [0.1, 0.15) is 58.7 Å². The highest BCUT2D eigenvalue weighted by Gasteiger charge is 2.31. The second-order valence-corrected chi connectivity index (χ2v) is 11.6. The molecule has 39 heavy (non-hydrogen) atoms. The van der Waals surface area contributed by atoms with Crippen LogP contribution in [0, 0.1) is 0 Å². The average Bonchev–Trinajstić information content (AvgIpc) is 2.82. The van der Waals surface area contributed by atoms with Crippen molar-refractivity contribution in [1.29, 1.82) is 0 Å². The van der Waals surface area contributed by atoms with E-state index in [4.69, 9.17) is 14.2 Å². The number of hydrogen-bond donors (Lipinski definition) is 2. The Morgan fingerprint density at radius 3 is 1.77 bits per heavy atom. The van der Waals surface area contributed by atoms with Crippen LogP contribution >= 0.6 is 0 Å². The van der Waals surface area contributed by atoms with Gasteiger partial charge in [0.25, 0.3) is 0 Å². The van der Waals surface area contributed by atoms with Gasteiger partial charge in [-0.1, -0.05) is 24.3 Å². The second-order valence-electron chi connectivity index (χ2n) is 11.6. The monoisotopic (exact) mass is 530 g/mol. The molecule has 1 aliphatic heterocycles. The quantitative estimate of drug-likeness (QED) is 0.361. The SMILES string of the molecule is CN1c2cc(NC(=O)OC(C)(C)C)ccc2-c2ccc(NC(=O)OC(C)(C)C)cc2C1c1ccc(O[11CH3])cc1. The van der Waals surface area contributed by atoms with Crippen LogP contribution in [0.2, 0.25) is 0 Å². The average molecular weight is 531 g/mol. The van der Waals surface area contributed by atoms with E-state index in [9.17, 15) is 9.59 Å². The fourth-order valence-electron chi connectivity index (χ4n) is 4.62. The molecule has 8 heteroatoms. The summed E-state index contributed by atoms with van der Waals surface area (Å²) in [5, 5.41) is 5.71. The van der Waals surface area contributed by atoms with Crippen molar-refractivity contribution >= 4 is 29.2 Å². The number of carbonyl (C=O) groups is 2. The highest BCUT2D eigenvalue weighted by molar-refractivity contribution is 5.93. The first-order valence-corrected chi connectivity index (χ1v) is 12.9. The Hall–Kier alpha value is -4.20. The van der Waals surface area contributed by atoms with Crippen molar-refractivity contribution in [2.24, 2.45) is 0 Å². The fraction of sp³-hybridized carbons (Fsp3) is 0.355. The molecule has 1 heterocycles. The van der Waals surface area contributed by atoms with Gasteiger partial charge < -0.3 is 19.1 Å². The highest BCUT2D eigenvalue weighted by atomic mass is 16.6. The van der Waals surface area contributed by atoms with Gasteiger partial charge in [0.05, 0.1) is 13.2 Å². The maximum atomic E-state index is 12.5. The van der Waals surface area contributed by atoms with Crippen LogP contribution in [-0.4, -0.2) is 37.5 Å². The van der Waals surface area contributed by atoms with E-state index in [0.717, 1.165) is 33.7 Å². The van der Waals surface area contributed by atoms with Crippen LogP contribution in [0.4, 0.5) is 26.7 Å². The minimum absolute atomic E-state index is 0.171. The third-order valence-electron chi connectivity index (χ3n) is 6.12. The van der Waals surface area contributed by atoms with Crippen LogP contribution < -0.4 is 20.3 Å². The van der Waals surface area contributed by atoms with Crippen LogP contribution in [0.3, 0.4) is 0 Å². The number of rotatable bonds is 4. The third kappa shape index (κ3) is 6.63. The zero-order chi connectivity index (χ0) is 28.5. The van der Waals surface area contributed by atoms with Crippen molar-refractivity contribution in [2.75, 3.05) is 29.7 Å². The maximum absolute atomic E-state index is 12.5. The molecular weight excluding hydrogens is 493 g/mol. The van der Waals surface area contributed by atoms with Gasteiger partial charge in [-0.05, 0) is 94.6 Å². The normalized spacial score (nSPS) is 14.6. The second kappa shape index (κ2) is 10.5. The topological polar surface area (TPSA) is 89.1 Å². The van der Waals surface area contributed by atoms with E-state index in [1.807, 2.05) is 109 Å². The molecule has 4 rings (SSSR count). The maximum Gasteiger partial charge on any atom is 0.412 e. The summed E-state index contributed by atoms with van der Waals surface area (Å²) in [6.07, 6.45) is -1.02. The van der Waals surface area contributed by atoms with Gasteiger partial charge in [0.2, 0.25) is 0 Å². The van der Waals surface area contributed by atoms with Gasteiger partial charge in [-0.25, -0.2) is 9.59 Å². The first-order valence-electron chi connectivity index (χ1n) is 12.9. The lowest BCUT2D eigenvalue weighted by atomic mass is 9.84. The van der Waals surface area contributed by atoms with Crippen molar-refractivity contribution in [3.8, 4) is 16.9 Å². The van der Waals surface area contributed by atoms with Crippen molar-refractivity contribution in [3.05, 3.63) is 71.8 Å². The lowest BCUT2D eigenvalue weighted by Gasteiger charge is -2.38. The molecule has 1 atom stereocenters. The molecule has 0 saturated carbocycles. The molecule has 2 amide bonds. The lowest BCUT2D eigenvalue weighted by molar-refractivity contribution is 0.0624. The largest absolute Gasteiger partial charge is 0.497 e. The van der Waals surface area contributed by atoms with Crippen LogP contribution in [-0.2, 0) is 9.47 Å². The molecule has 0 saturated heterocycles. The van der Waals surface area contributed by atoms with Crippen LogP contribution in [0.15, 0.2) is 60.7 Å². The van der Waals surface area contributed by atoms with Gasteiger partial charge in [-0.15, -0.1) is 0 Å². The first kappa shape index (κ1) is 27.8. The first-order chi connectivity index (χ1) is 18.2. The molecular formula is C31H37N3O5. The number of amides is 2.